The van der Waals surface area contributed by atoms with Gasteiger partial charge in [-0.2, -0.15) is 0 Å². The predicted octanol–water partition coefficient (Wildman–Crippen LogP) is 1.16. The number of benzene rings is 1. The monoisotopic (exact) mass is 414 g/mol. The van der Waals surface area contributed by atoms with Crippen LogP contribution >= 0.6 is 0 Å². The first-order valence-corrected chi connectivity index (χ1v) is 10.4. The molecule has 1 aromatic carbocycles. The zero-order valence-electron chi connectivity index (χ0n) is 17.1. The van der Waals surface area contributed by atoms with Crippen molar-refractivity contribution in [2.24, 2.45) is 0 Å². The molecule has 0 aliphatic carbocycles. The molecule has 9 heteroatoms. The minimum atomic E-state index is -0.670. The van der Waals surface area contributed by atoms with Crippen molar-refractivity contribution in [3.63, 3.8) is 0 Å². The molecular weight excluding hydrogens is 388 g/mol. The first-order valence-electron chi connectivity index (χ1n) is 10.4. The molecule has 3 fully saturated rings. The summed E-state index contributed by atoms with van der Waals surface area (Å²) in [5.74, 6) is -0.857. The van der Waals surface area contributed by atoms with E-state index in [1.54, 1.807) is 0 Å². The van der Waals surface area contributed by atoms with Gasteiger partial charge in [-0.1, -0.05) is 12.1 Å². The molecule has 3 aliphatic rings. The van der Waals surface area contributed by atoms with Crippen LogP contribution in [0.3, 0.4) is 0 Å². The van der Waals surface area contributed by atoms with E-state index >= 15 is 0 Å². The van der Waals surface area contributed by atoms with Gasteiger partial charge < -0.3 is 14.6 Å². The fourth-order valence-electron chi connectivity index (χ4n) is 3.90. The third kappa shape index (κ3) is 4.02. The largest absolute Gasteiger partial charge is 0.434 e. The van der Waals surface area contributed by atoms with Crippen LogP contribution in [0.4, 0.5) is 4.79 Å². The normalized spacial score (nSPS) is 19.8. The van der Waals surface area contributed by atoms with Gasteiger partial charge >= 0.3 is 6.09 Å². The van der Waals surface area contributed by atoms with E-state index in [2.05, 4.69) is 4.90 Å². The molecule has 3 aliphatic heterocycles. The lowest BCUT2D eigenvalue weighted by molar-refractivity contribution is -0.174. The Morgan fingerprint density at radius 3 is 2.20 bits per heavy atom. The Morgan fingerprint density at radius 1 is 0.933 bits per heavy atom. The molecule has 9 nitrogen and oxygen atoms in total. The highest BCUT2D eigenvalue weighted by molar-refractivity contribution is 6.01. The Kier molecular flexibility index (Phi) is 5.72. The molecule has 4 rings (SSSR count). The Labute approximate surface area is 175 Å². The lowest BCUT2D eigenvalue weighted by Gasteiger charge is -2.35. The summed E-state index contributed by atoms with van der Waals surface area (Å²) in [7, 11) is 0. The van der Waals surface area contributed by atoms with Gasteiger partial charge in [0.2, 0.25) is 0 Å². The van der Waals surface area contributed by atoms with Crippen molar-refractivity contribution in [3.05, 3.63) is 34.9 Å². The number of carbonyl (C=O) groups is 4. The van der Waals surface area contributed by atoms with Gasteiger partial charge in [0.15, 0.2) is 0 Å². The smallest absolute Gasteiger partial charge is 0.339 e. The SMILES string of the molecule is Cc1c(CN2CCN(C(=O)ON3C(=O)CCC3=O)CC2)cccc1C(=O)N1CCC1. The average Bonchev–Trinajstić information content (AvgIpc) is 3.00. The van der Waals surface area contributed by atoms with Gasteiger partial charge in [0, 0.05) is 64.2 Å². The Bertz CT molecular complexity index is 858. The second kappa shape index (κ2) is 8.43. The van der Waals surface area contributed by atoms with E-state index in [1.165, 1.54) is 4.90 Å². The fourth-order valence-corrected chi connectivity index (χ4v) is 3.90. The zero-order valence-corrected chi connectivity index (χ0v) is 17.1. The van der Waals surface area contributed by atoms with E-state index in [1.807, 2.05) is 30.0 Å². The summed E-state index contributed by atoms with van der Waals surface area (Å²) in [6, 6.07) is 5.84. The number of hydrogen-bond acceptors (Lipinski definition) is 6. The molecule has 4 amide bonds. The van der Waals surface area contributed by atoms with Crippen molar-refractivity contribution in [1.82, 2.24) is 19.8 Å². The highest BCUT2D eigenvalue weighted by atomic mass is 16.7. The van der Waals surface area contributed by atoms with Gasteiger partial charge in [0.25, 0.3) is 17.7 Å². The lowest BCUT2D eigenvalue weighted by Crippen LogP contribution is -2.50. The number of imide groups is 1. The molecule has 0 atom stereocenters. The summed E-state index contributed by atoms with van der Waals surface area (Å²) in [5, 5.41) is 0.582. The Morgan fingerprint density at radius 2 is 1.60 bits per heavy atom. The molecule has 0 N–H and O–H groups in total. The maximum atomic E-state index is 12.6. The van der Waals surface area contributed by atoms with Crippen LogP contribution in [0.2, 0.25) is 0 Å². The molecule has 3 saturated heterocycles. The molecule has 0 saturated carbocycles. The first-order chi connectivity index (χ1) is 14.4. The summed E-state index contributed by atoms with van der Waals surface area (Å²) in [6.45, 7) is 6.51. The van der Waals surface area contributed by atoms with Crippen LogP contribution in [-0.2, 0) is 21.0 Å². The first kappa shape index (κ1) is 20.3. The maximum absolute atomic E-state index is 12.6. The number of hydrogen-bond donors (Lipinski definition) is 0. The molecule has 0 spiro atoms. The molecule has 0 radical (unpaired) electrons. The third-order valence-corrected chi connectivity index (χ3v) is 6.02. The van der Waals surface area contributed by atoms with E-state index in [0.29, 0.717) is 37.8 Å². The second-order valence-corrected chi connectivity index (χ2v) is 7.94. The Balaban J connectivity index is 1.32. The minimum Gasteiger partial charge on any atom is -0.339 e. The van der Waals surface area contributed by atoms with Crippen molar-refractivity contribution >= 4 is 23.8 Å². The molecule has 3 heterocycles. The molecule has 1 aromatic rings. The summed E-state index contributed by atoms with van der Waals surface area (Å²) in [4.78, 5) is 58.7. The summed E-state index contributed by atoms with van der Waals surface area (Å²) in [6.07, 6.45) is 0.561. The van der Waals surface area contributed by atoms with E-state index in [-0.39, 0.29) is 18.7 Å². The number of nitrogens with zero attached hydrogens (tertiary/aromatic N) is 4. The van der Waals surface area contributed by atoms with Crippen LogP contribution in [0.15, 0.2) is 18.2 Å². The van der Waals surface area contributed by atoms with Crippen LogP contribution in [0.25, 0.3) is 0 Å². The summed E-state index contributed by atoms with van der Waals surface area (Å²) in [5.41, 5.74) is 2.86. The molecule has 0 unspecified atom stereocenters. The number of piperazine rings is 1. The van der Waals surface area contributed by atoms with E-state index < -0.39 is 17.9 Å². The summed E-state index contributed by atoms with van der Waals surface area (Å²) < 4.78 is 0. The topological polar surface area (TPSA) is 90.5 Å². The highest BCUT2D eigenvalue weighted by Gasteiger charge is 2.35. The number of amides is 4. The number of rotatable bonds is 4. The molecule has 160 valence electrons. The van der Waals surface area contributed by atoms with Gasteiger partial charge in [0.1, 0.15) is 0 Å². The van der Waals surface area contributed by atoms with Crippen LogP contribution in [0, 0.1) is 6.92 Å². The van der Waals surface area contributed by atoms with Gasteiger partial charge in [-0.3, -0.25) is 19.3 Å². The average molecular weight is 414 g/mol. The quantitative estimate of drug-likeness (QED) is 0.687. The number of hydroxylamine groups is 2. The number of carbonyl (C=O) groups excluding carboxylic acids is 4. The molecular formula is C21H26N4O5. The van der Waals surface area contributed by atoms with E-state index in [4.69, 9.17) is 4.84 Å². The molecule has 30 heavy (non-hydrogen) atoms. The number of likely N-dealkylation sites (tertiary alicyclic amines) is 1. The van der Waals surface area contributed by atoms with Crippen molar-refractivity contribution in [2.75, 3.05) is 39.3 Å². The van der Waals surface area contributed by atoms with Gasteiger partial charge in [-0.25, -0.2) is 4.79 Å². The fraction of sp³-hybridized carbons (Fsp3) is 0.524. The predicted molar refractivity (Wildman–Crippen MR) is 106 cm³/mol. The van der Waals surface area contributed by atoms with Crippen molar-refractivity contribution in [1.29, 1.82) is 0 Å². The van der Waals surface area contributed by atoms with E-state index in [9.17, 15) is 19.2 Å². The second-order valence-electron chi connectivity index (χ2n) is 7.94. The Hall–Kier alpha value is -2.94. The van der Waals surface area contributed by atoms with E-state index in [0.717, 1.165) is 36.2 Å². The standard InChI is InChI=1S/C21H26N4O5/c1-15-16(4-2-5-17(15)20(28)23-8-3-9-23)14-22-10-12-24(13-11-22)21(29)30-25-18(26)6-7-19(25)27/h2,4-5H,3,6-14H2,1H3. The summed E-state index contributed by atoms with van der Waals surface area (Å²) >= 11 is 0. The van der Waals surface area contributed by atoms with Crippen LogP contribution in [0.5, 0.6) is 0 Å². The van der Waals surface area contributed by atoms with Gasteiger partial charge in [-0.05, 0) is 30.5 Å². The van der Waals surface area contributed by atoms with Gasteiger partial charge in [0.05, 0.1) is 0 Å². The maximum Gasteiger partial charge on any atom is 0.434 e. The zero-order chi connectivity index (χ0) is 21.3. The van der Waals surface area contributed by atoms with Crippen LogP contribution < -0.4 is 0 Å². The van der Waals surface area contributed by atoms with Crippen LogP contribution in [-0.4, -0.2) is 82.8 Å². The minimum absolute atomic E-state index is 0.0819. The molecule has 0 bridgehead atoms. The van der Waals surface area contributed by atoms with Crippen molar-refractivity contribution < 1.29 is 24.0 Å². The molecule has 0 aromatic heterocycles. The van der Waals surface area contributed by atoms with Crippen molar-refractivity contribution in [3.8, 4) is 0 Å². The third-order valence-electron chi connectivity index (χ3n) is 6.02. The highest BCUT2D eigenvalue weighted by Crippen LogP contribution is 2.21. The van der Waals surface area contributed by atoms with Crippen molar-refractivity contribution in [2.45, 2.75) is 32.7 Å². The van der Waals surface area contributed by atoms with Gasteiger partial charge in [-0.15, -0.1) is 5.06 Å². The van der Waals surface area contributed by atoms with Crippen LogP contribution in [0.1, 0.15) is 40.7 Å². The lowest BCUT2D eigenvalue weighted by atomic mass is 9.99.